The van der Waals surface area contributed by atoms with Gasteiger partial charge >= 0.3 is 5.97 Å². The molecule has 1 saturated carbocycles. The number of aliphatic carboxylic acids is 1. The molecule has 0 aromatic heterocycles. The summed E-state index contributed by atoms with van der Waals surface area (Å²) in [6.45, 7) is 3.21. The van der Waals surface area contributed by atoms with E-state index < -0.39 is 12.0 Å². The summed E-state index contributed by atoms with van der Waals surface area (Å²) in [6, 6.07) is 8.67. The summed E-state index contributed by atoms with van der Waals surface area (Å²) in [5.41, 5.74) is 1.61. The summed E-state index contributed by atoms with van der Waals surface area (Å²) < 4.78 is 0. The molecule has 5 nitrogen and oxygen atoms in total. The summed E-state index contributed by atoms with van der Waals surface area (Å²) in [6.07, 6.45) is 1.06. The Morgan fingerprint density at radius 2 is 1.91 bits per heavy atom. The van der Waals surface area contributed by atoms with E-state index in [1.807, 2.05) is 30.3 Å². The van der Waals surface area contributed by atoms with Crippen molar-refractivity contribution in [3.05, 3.63) is 47.2 Å². The number of carboxylic acids is 1. The van der Waals surface area contributed by atoms with Crippen molar-refractivity contribution in [3.8, 4) is 0 Å². The van der Waals surface area contributed by atoms with Gasteiger partial charge in [-0.05, 0) is 24.8 Å². The molecule has 0 heterocycles. The first kappa shape index (κ1) is 16.9. The van der Waals surface area contributed by atoms with Crippen molar-refractivity contribution in [1.82, 2.24) is 0 Å². The lowest BCUT2D eigenvalue weighted by Crippen LogP contribution is -2.28. The zero-order chi connectivity index (χ0) is 17.0. The second-order valence-corrected chi connectivity index (χ2v) is 5.70. The largest absolute Gasteiger partial charge is 0.512 e. The quantitative estimate of drug-likeness (QED) is 0.659. The van der Waals surface area contributed by atoms with Crippen LogP contribution in [0.2, 0.25) is 0 Å². The van der Waals surface area contributed by atoms with Crippen LogP contribution < -0.4 is 0 Å². The number of aliphatic imine (C=N–C) groups is 1. The van der Waals surface area contributed by atoms with E-state index in [1.165, 1.54) is 6.92 Å². The minimum Gasteiger partial charge on any atom is -0.512 e. The van der Waals surface area contributed by atoms with Crippen molar-refractivity contribution in [3.63, 3.8) is 0 Å². The fourth-order valence-corrected chi connectivity index (χ4v) is 2.77. The van der Waals surface area contributed by atoms with Crippen molar-refractivity contribution in [2.75, 3.05) is 0 Å². The third-order valence-corrected chi connectivity index (χ3v) is 4.04. The van der Waals surface area contributed by atoms with Crippen molar-refractivity contribution < 1.29 is 19.8 Å². The Hall–Kier alpha value is -2.43. The Morgan fingerprint density at radius 1 is 1.26 bits per heavy atom. The van der Waals surface area contributed by atoms with Crippen LogP contribution >= 0.6 is 0 Å². The number of allylic oxidation sites excluding steroid dienone is 2. The number of nitrogens with zero attached hydrogens (tertiary/aromatic N) is 1. The molecule has 1 aromatic rings. The molecule has 1 fully saturated rings. The molecule has 0 spiro atoms. The number of carbonyl (C=O) groups is 2. The van der Waals surface area contributed by atoms with E-state index in [0.717, 1.165) is 5.56 Å². The molecule has 23 heavy (non-hydrogen) atoms. The highest BCUT2D eigenvalue weighted by Crippen LogP contribution is 2.33. The van der Waals surface area contributed by atoms with E-state index in [1.54, 1.807) is 6.92 Å². The molecule has 0 radical (unpaired) electrons. The average Bonchev–Trinajstić information content (AvgIpc) is 2.54. The van der Waals surface area contributed by atoms with Crippen LogP contribution in [0.5, 0.6) is 0 Å². The molecule has 2 N–H and O–H groups in total. The number of aliphatic hydroxyl groups excluding tert-OH is 1. The second-order valence-electron chi connectivity index (χ2n) is 5.70. The number of carbonyl (C=O) groups excluding carboxylic acids is 1. The van der Waals surface area contributed by atoms with Crippen LogP contribution in [0.15, 0.2) is 46.7 Å². The first-order valence-electron chi connectivity index (χ1n) is 7.74. The third-order valence-electron chi connectivity index (χ3n) is 4.04. The standard InChI is InChI=1S/C18H21NO4/c1-3-15(20)17-14(19-11(2)18(22)23)9-13(10-16(17)21)12-7-5-4-6-8-12/h4-8,11,13,20H,3,9-10H2,1-2H3,(H,22,23)/t11-,13+/m0/s1. The predicted octanol–water partition coefficient (Wildman–Crippen LogP) is 3.27. The van der Waals surface area contributed by atoms with E-state index in [2.05, 4.69) is 4.99 Å². The Balaban J connectivity index is 2.43. The molecular weight excluding hydrogens is 294 g/mol. The van der Waals surface area contributed by atoms with Crippen LogP contribution in [0.3, 0.4) is 0 Å². The molecule has 0 unspecified atom stereocenters. The minimum absolute atomic E-state index is 0.0159. The van der Waals surface area contributed by atoms with Crippen molar-refractivity contribution >= 4 is 17.5 Å². The number of aliphatic hydroxyl groups is 1. The summed E-state index contributed by atoms with van der Waals surface area (Å²) in [5.74, 6) is -1.29. The zero-order valence-corrected chi connectivity index (χ0v) is 13.3. The highest BCUT2D eigenvalue weighted by atomic mass is 16.4. The van der Waals surface area contributed by atoms with Gasteiger partial charge in [0.15, 0.2) is 5.78 Å². The van der Waals surface area contributed by atoms with Gasteiger partial charge in [-0.25, -0.2) is 4.79 Å². The fraction of sp³-hybridized carbons (Fsp3) is 0.389. The smallest absolute Gasteiger partial charge is 0.328 e. The minimum atomic E-state index is -1.05. The maximum absolute atomic E-state index is 12.5. The maximum Gasteiger partial charge on any atom is 0.328 e. The Morgan fingerprint density at radius 3 is 2.48 bits per heavy atom. The van der Waals surface area contributed by atoms with Gasteiger partial charge in [0.2, 0.25) is 0 Å². The number of Topliss-reactive ketones (excluding diaryl/α,β-unsaturated/α-hetero) is 1. The molecule has 0 aliphatic heterocycles. The molecular formula is C18H21NO4. The molecule has 2 atom stereocenters. The van der Waals surface area contributed by atoms with Crippen molar-refractivity contribution in [2.24, 2.45) is 4.99 Å². The lowest BCUT2D eigenvalue weighted by atomic mass is 9.78. The topological polar surface area (TPSA) is 87.0 Å². The van der Waals surface area contributed by atoms with E-state index in [-0.39, 0.29) is 23.0 Å². The third kappa shape index (κ3) is 3.86. The zero-order valence-electron chi connectivity index (χ0n) is 13.3. The van der Waals surface area contributed by atoms with Gasteiger partial charge in [0.25, 0.3) is 0 Å². The first-order chi connectivity index (χ1) is 10.9. The second kappa shape index (κ2) is 7.22. The highest BCUT2D eigenvalue weighted by molar-refractivity contribution is 6.25. The predicted molar refractivity (Wildman–Crippen MR) is 87.9 cm³/mol. The van der Waals surface area contributed by atoms with Gasteiger partial charge in [-0.15, -0.1) is 0 Å². The molecule has 1 aromatic carbocycles. The van der Waals surface area contributed by atoms with Crippen molar-refractivity contribution in [1.29, 1.82) is 0 Å². The van der Waals surface area contributed by atoms with Gasteiger partial charge in [-0.2, -0.15) is 0 Å². The molecule has 0 amide bonds. The van der Waals surface area contributed by atoms with Crippen LogP contribution in [0, 0.1) is 0 Å². The van der Waals surface area contributed by atoms with E-state index >= 15 is 0 Å². The monoisotopic (exact) mass is 315 g/mol. The number of carboxylic acid groups (broad SMARTS) is 1. The van der Waals surface area contributed by atoms with Gasteiger partial charge in [-0.3, -0.25) is 9.79 Å². The lowest BCUT2D eigenvalue weighted by molar-refractivity contribution is -0.138. The summed E-state index contributed by atoms with van der Waals surface area (Å²) in [5, 5.41) is 19.1. The number of hydrogen-bond acceptors (Lipinski definition) is 4. The van der Waals surface area contributed by atoms with E-state index in [4.69, 9.17) is 5.11 Å². The molecule has 0 bridgehead atoms. The fourth-order valence-electron chi connectivity index (χ4n) is 2.77. The van der Waals surface area contributed by atoms with Gasteiger partial charge in [0.1, 0.15) is 11.8 Å². The van der Waals surface area contributed by atoms with Gasteiger partial charge in [-0.1, -0.05) is 37.3 Å². The first-order valence-corrected chi connectivity index (χ1v) is 7.74. The van der Waals surface area contributed by atoms with E-state index in [9.17, 15) is 14.7 Å². The van der Waals surface area contributed by atoms with E-state index in [0.29, 0.717) is 25.0 Å². The number of rotatable bonds is 4. The molecule has 122 valence electrons. The van der Waals surface area contributed by atoms with Crippen LogP contribution in [0.4, 0.5) is 0 Å². The van der Waals surface area contributed by atoms with Crippen LogP contribution in [0.25, 0.3) is 0 Å². The van der Waals surface area contributed by atoms with Crippen molar-refractivity contribution in [2.45, 2.75) is 45.1 Å². The molecule has 5 heteroatoms. The van der Waals surface area contributed by atoms with Crippen LogP contribution in [-0.2, 0) is 9.59 Å². The lowest BCUT2D eigenvalue weighted by Gasteiger charge is -2.26. The molecule has 2 rings (SSSR count). The molecule has 0 saturated heterocycles. The maximum atomic E-state index is 12.5. The summed E-state index contributed by atoms with van der Waals surface area (Å²) in [4.78, 5) is 27.8. The molecule has 1 aliphatic rings. The molecule has 1 aliphatic carbocycles. The average molecular weight is 315 g/mol. The highest BCUT2D eigenvalue weighted by Gasteiger charge is 2.32. The van der Waals surface area contributed by atoms with Crippen LogP contribution in [0.1, 0.15) is 44.6 Å². The Labute approximate surface area is 135 Å². The normalized spacial score (nSPS) is 23.7. The summed E-state index contributed by atoms with van der Waals surface area (Å²) >= 11 is 0. The SMILES string of the molecule is CCC(O)=C1C(=O)C[C@H](c2ccccc2)CC1=N[C@@H](C)C(=O)O. The van der Waals surface area contributed by atoms with Gasteiger partial charge in [0.05, 0.1) is 11.3 Å². The Bertz CT molecular complexity index is 661. The summed E-state index contributed by atoms with van der Waals surface area (Å²) in [7, 11) is 0. The number of benzene rings is 1. The number of ketones is 1. The van der Waals surface area contributed by atoms with Gasteiger partial charge < -0.3 is 10.2 Å². The number of hydrogen-bond donors (Lipinski definition) is 2. The Kier molecular flexibility index (Phi) is 5.32. The van der Waals surface area contributed by atoms with Crippen LogP contribution in [-0.4, -0.2) is 33.7 Å². The van der Waals surface area contributed by atoms with Gasteiger partial charge in [0, 0.05) is 12.8 Å².